The number of hydrazine groups is 2. The summed E-state index contributed by atoms with van der Waals surface area (Å²) in [5.41, 5.74) is 3.02. The van der Waals surface area contributed by atoms with Gasteiger partial charge in [0.2, 0.25) is 21.9 Å². The van der Waals surface area contributed by atoms with Crippen molar-refractivity contribution >= 4 is 27.6 Å². The Hall–Kier alpha value is -2.17. The number of rotatable bonds is 4. The van der Waals surface area contributed by atoms with Gasteiger partial charge in [0.1, 0.15) is 0 Å². The number of anilines is 1. The molecule has 1 fully saturated rings. The lowest BCUT2D eigenvalue weighted by molar-refractivity contribution is 0.235. The van der Waals surface area contributed by atoms with E-state index in [1.165, 1.54) is 0 Å². The molecule has 24 heavy (non-hydrogen) atoms. The van der Waals surface area contributed by atoms with Gasteiger partial charge in [-0.2, -0.15) is 0 Å². The summed E-state index contributed by atoms with van der Waals surface area (Å²) < 4.78 is 22.1. The fourth-order valence-electron chi connectivity index (χ4n) is 2.43. The standard InChI is InChI=1S/C14H23N7O2S/c1-24(22,23)19-18-13(15)17-14(16)21(12-8-4-2-5-9-12)20-10-6-3-7-11-20/h2,4-5,8-9,19H,3,6-7,10-11H2,1H3,(H4,15,16,17,18). The second kappa shape index (κ2) is 8.08. The number of hydrogen-bond acceptors (Lipinski definition) is 5. The van der Waals surface area contributed by atoms with Gasteiger partial charge in [-0.3, -0.25) is 21.6 Å². The lowest BCUT2D eigenvalue weighted by atomic mass is 10.1. The Bertz CT molecular complexity index is 672. The molecule has 10 heteroatoms. The molecular weight excluding hydrogens is 330 g/mol. The van der Waals surface area contributed by atoms with E-state index in [2.05, 4.69) is 10.7 Å². The summed E-state index contributed by atoms with van der Waals surface area (Å²) in [4.78, 5) is 1.99. The highest BCUT2D eigenvalue weighted by Gasteiger charge is 2.23. The van der Waals surface area contributed by atoms with Crippen LogP contribution in [0.25, 0.3) is 0 Å². The second-order valence-electron chi connectivity index (χ2n) is 5.51. The van der Waals surface area contributed by atoms with Gasteiger partial charge in [0, 0.05) is 13.1 Å². The van der Waals surface area contributed by atoms with E-state index < -0.39 is 10.0 Å². The summed E-state index contributed by atoms with van der Waals surface area (Å²) in [5, 5.41) is 22.3. The minimum absolute atomic E-state index is 0.0316. The summed E-state index contributed by atoms with van der Waals surface area (Å²) >= 11 is 0. The molecule has 0 aromatic heterocycles. The molecule has 5 N–H and O–H groups in total. The highest BCUT2D eigenvalue weighted by atomic mass is 32.2. The number of hydrogen-bond donors (Lipinski definition) is 5. The van der Waals surface area contributed by atoms with Gasteiger partial charge in [-0.15, -0.1) is 4.83 Å². The van der Waals surface area contributed by atoms with Crippen molar-refractivity contribution in [1.82, 2.24) is 20.6 Å². The van der Waals surface area contributed by atoms with Crippen LogP contribution in [-0.4, -0.2) is 44.7 Å². The van der Waals surface area contributed by atoms with E-state index in [0.29, 0.717) is 0 Å². The molecule has 1 aliphatic rings. The van der Waals surface area contributed by atoms with Crippen LogP contribution in [0.2, 0.25) is 0 Å². The van der Waals surface area contributed by atoms with Gasteiger partial charge in [-0.25, -0.2) is 18.4 Å². The molecule has 1 aromatic rings. The van der Waals surface area contributed by atoms with Crippen molar-refractivity contribution in [3.63, 3.8) is 0 Å². The van der Waals surface area contributed by atoms with Crippen LogP contribution in [0.15, 0.2) is 30.3 Å². The number of piperidine rings is 1. The number of sulfonamides is 1. The third-order valence-corrected chi connectivity index (χ3v) is 3.91. The first-order chi connectivity index (χ1) is 11.4. The molecule has 1 saturated heterocycles. The predicted octanol–water partition coefficient (Wildman–Crippen LogP) is 0.407. The molecule has 1 aliphatic heterocycles. The summed E-state index contributed by atoms with van der Waals surface area (Å²) in [7, 11) is -3.48. The number of guanidine groups is 2. The maximum Gasteiger partial charge on any atom is 0.225 e. The van der Waals surface area contributed by atoms with Crippen molar-refractivity contribution in [3.8, 4) is 0 Å². The molecule has 0 radical (unpaired) electrons. The van der Waals surface area contributed by atoms with E-state index in [-0.39, 0.29) is 11.9 Å². The average Bonchev–Trinajstić information content (AvgIpc) is 2.54. The van der Waals surface area contributed by atoms with Gasteiger partial charge in [0.25, 0.3) is 0 Å². The van der Waals surface area contributed by atoms with Crippen LogP contribution in [0.1, 0.15) is 19.3 Å². The Morgan fingerprint density at radius 1 is 1.12 bits per heavy atom. The highest BCUT2D eigenvalue weighted by molar-refractivity contribution is 7.88. The van der Waals surface area contributed by atoms with E-state index in [1.54, 1.807) is 5.01 Å². The summed E-state index contributed by atoms with van der Waals surface area (Å²) in [6, 6.07) is 9.44. The Morgan fingerprint density at radius 3 is 2.33 bits per heavy atom. The Morgan fingerprint density at radius 2 is 1.75 bits per heavy atom. The number of nitrogens with one attached hydrogen (secondary N) is 5. The van der Waals surface area contributed by atoms with Crippen LogP contribution in [-0.2, 0) is 10.0 Å². The fraction of sp³-hybridized carbons (Fsp3) is 0.429. The molecule has 0 bridgehead atoms. The topological polar surface area (TPSA) is 124 Å². The smallest absolute Gasteiger partial charge is 0.225 e. The minimum atomic E-state index is -3.48. The molecule has 0 aliphatic carbocycles. The molecule has 0 atom stereocenters. The predicted molar refractivity (Wildman–Crippen MR) is 94.0 cm³/mol. The van der Waals surface area contributed by atoms with Gasteiger partial charge >= 0.3 is 0 Å². The van der Waals surface area contributed by atoms with Crippen molar-refractivity contribution in [2.45, 2.75) is 19.3 Å². The normalized spacial score (nSPS) is 15.5. The number of benzene rings is 1. The molecular formula is C14H23N7O2S. The molecule has 132 valence electrons. The molecule has 0 saturated carbocycles. The summed E-state index contributed by atoms with van der Waals surface area (Å²) in [6.45, 7) is 1.64. The first-order valence-corrected chi connectivity index (χ1v) is 9.53. The molecule has 0 amide bonds. The van der Waals surface area contributed by atoms with E-state index in [0.717, 1.165) is 44.3 Å². The average molecular weight is 353 g/mol. The molecule has 0 spiro atoms. The van der Waals surface area contributed by atoms with Crippen molar-refractivity contribution in [3.05, 3.63) is 30.3 Å². The van der Waals surface area contributed by atoms with E-state index >= 15 is 0 Å². The lowest BCUT2D eigenvalue weighted by Crippen LogP contribution is -2.57. The van der Waals surface area contributed by atoms with Crippen LogP contribution in [0.4, 0.5) is 5.69 Å². The van der Waals surface area contributed by atoms with Crippen LogP contribution in [0.5, 0.6) is 0 Å². The summed E-state index contributed by atoms with van der Waals surface area (Å²) in [6.07, 6.45) is 4.22. The van der Waals surface area contributed by atoms with Gasteiger partial charge in [0.05, 0.1) is 11.9 Å². The van der Waals surface area contributed by atoms with Crippen LogP contribution in [0.3, 0.4) is 0 Å². The van der Waals surface area contributed by atoms with Crippen LogP contribution < -0.4 is 20.6 Å². The monoisotopic (exact) mass is 353 g/mol. The van der Waals surface area contributed by atoms with Gasteiger partial charge in [-0.05, 0) is 25.0 Å². The zero-order chi connectivity index (χ0) is 17.6. The number of para-hydroxylation sites is 1. The van der Waals surface area contributed by atoms with E-state index in [1.807, 2.05) is 40.2 Å². The minimum Gasteiger partial charge on any atom is -0.295 e. The second-order valence-corrected chi connectivity index (χ2v) is 7.26. The summed E-state index contributed by atoms with van der Waals surface area (Å²) in [5.74, 6) is -0.362. The maximum atomic E-state index is 11.1. The largest absolute Gasteiger partial charge is 0.295 e. The SMILES string of the molecule is CS(=O)(=O)NNC(=N)NC(=N)N(c1ccccc1)N1CCCCC1. The van der Waals surface area contributed by atoms with E-state index in [9.17, 15) is 8.42 Å². The van der Waals surface area contributed by atoms with Gasteiger partial charge < -0.3 is 0 Å². The van der Waals surface area contributed by atoms with Crippen molar-refractivity contribution in [2.24, 2.45) is 0 Å². The number of nitrogens with zero attached hydrogens (tertiary/aromatic N) is 2. The van der Waals surface area contributed by atoms with Gasteiger partial charge in [0.15, 0.2) is 0 Å². The molecule has 0 unspecified atom stereocenters. The Kier molecular flexibility index (Phi) is 6.12. The van der Waals surface area contributed by atoms with Crippen LogP contribution >= 0.6 is 0 Å². The Labute approximate surface area is 142 Å². The highest BCUT2D eigenvalue weighted by Crippen LogP contribution is 2.19. The zero-order valence-corrected chi connectivity index (χ0v) is 14.4. The third-order valence-electron chi connectivity index (χ3n) is 3.43. The quantitative estimate of drug-likeness (QED) is 0.303. The fourth-order valence-corrected chi connectivity index (χ4v) is 2.71. The van der Waals surface area contributed by atoms with Gasteiger partial charge in [-0.1, -0.05) is 24.6 Å². The Balaban J connectivity index is 2.08. The van der Waals surface area contributed by atoms with Crippen molar-refractivity contribution in [1.29, 1.82) is 10.8 Å². The lowest BCUT2D eigenvalue weighted by Gasteiger charge is -2.38. The van der Waals surface area contributed by atoms with Crippen molar-refractivity contribution < 1.29 is 8.42 Å². The third kappa shape index (κ3) is 5.48. The van der Waals surface area contributed by atoms with E-state index in [4.69, 9.17) is 10.8 Å². The first-order valence-electron chi connectivity index (χ1n) is 7.64. The van der Waals surface area contributed by atoms with Crippen molar-refractivity contribution in [2.75, 3.05) is 24.4 Å². The molecule has 1 heterocycles. The van der Waals surface area contributed by atoms with Crippen LogP contribution in [0, 0.1) is 10.8 Å². The molecule has 9 nitrogen and oxygen atoms in total. The molecule has 2 rings (SSSR count). The molecule has 1 aromatic carbocycles. The first kappa shape index (κ1) is 18.2. The maximum absolute atomic E-state index is 11.1. The zero-order valence-electron chi connectivity index (χ0n) is 13.5.